The van der Waals surface area contributed by atoms with Gasteiger partial charge in [0.05, 0.1) is 4.92 Å². The lowest BCUT2D eigenvalue weighted by atomic mass is 10.2. The van der Waals surface area contributed by atoms with E-state index < -0.39 is 4.92 Å². The Bertz CT molecular complexity index is 524. The van der Waals surface area contributed by atoms with Crippen LogP contribution >= 0.6 is 11.6 Å². The third-order valence-electron chi connectivity index (χ3n) is 2.84. The van der Waals surface area contributed by atoms with E-state index in [1.54, 1.807) is 4.90 Å². The van der Waals surface area contributed by atoms with Gasteiger partial charge in [-0.15, -0.1) is 0 Å². The molecular weight excluding hydrogens is 274 g/mol. The average Bonchev–Trinajstić information content (AvgIpc) is 2.75. The highest BCUT2D eigenvalue weighted by atomic mass is 35.5. The van der Waals surface area contributed by atoms with Crippen LogP contribution < -0.4 is 10.2 Å². The fourth-order valence-corrected chi connectivity index (χ4v) is 2.29. The Morgan fingerprint density at radius 3 is 3.00 bits per heavy atom. The van der Waals surface area contributed by atoms with E-state index in [1.807, 2.05) is 0 Å². The Kier molecular flexibility index (Phi) is 3.79. The van der Waals surface area contributed by atoms with E-state index in [4.69, 9.17) is 11.6 Å². The van der Waals surface area contributed by atoms with Gasteiger partial charge < -0.3 is 10.2 Å². The summed E-state index contributed by atoms with van der Waals surface area (Å²) < 4.78 is 0. The lowest BCUT2D eigenvalue weighted by Crippen LogP contribution is -2.35. The Balaban J connectivity index is 2.22. The molecule has 1 aliphatic rings. The first-order chi connectivity index (χ1) is 8.99. The minimum atomic E-state index is -0.594. The number of nitrogens with zero attached hydrogens (tertiary/aromatic N) is 4. The number of carbonyl (C=O) groups is 1. The zero-order valence-corrected chi connectivity index (χ0v) is 10.9. The molecule has 1 fully saturated rings. The van der Waals surface area contributed by atoms with Crippen LogP contribution in [0.1, 0.15) is 13.3 Å². The minimum Gasteiger partial charge on any atom is -0.352 e. The molecule has 1 amide bonds. The van der Waals surface area contributed by atoms with E-state index in [0.29, 0.717) is 19.5 Å². The van der Waals surface area contributed by atoms with Crippen LogP contribution in [0.25, 0.3) is 0 Å². The summed E-state index contributed by atoms with van der Waals surface area (Å²) in [5, 5.41) is 13.6. The predicted octanol–water partition coefficient (Wildman–Crippen LogP) is 0.753. The smallest absolute Gasteiger partial charge is 0.348 e. The van der Waals surface area contributed by atoms with Crippen molar-refractivity contribution in [2.75, 3.05) is 18.0 Å². The van der Waals surface area contributed by atoms with Gasteiger partial charge in [0.25, 0.3) is 0 Å². The van der Waals surface area contributed by atoms with Crippen molar-refractivity contribution in [2.45, 2.75) is 19.4 Å². The number of carbonyl (C=O) groups excluding carboxylic acids is 1. The molecule has 1 unspecified atom stereocenters. The summed E-state index contributed by atoms with van der Waals surface area (Å²) in [5.74, 6) is 0.0694. The normalized spacial score (nSPS) is 18.4. The molecule has 0 radical (unpaired) electrons. The zero-order chi connectivity index (χ0) is 14.0. The van der Waals surface area contributed by atoms with E-state index in [1.165, 1.54) is 13.3 Å². The summed E-state index contributed by atoms with van der Waals surface area (Å²) in [6.45, 7) is 2.47. The number of rotatable bonds is 3. The van der Waals surface area contributed by atoms with Gasteiger partial charge >= 0.3 is 5.69 Å². The topological polar surface area (TPSA) is 101 Å². The first-order valence-electron chi connectivity index (χ1n) is 5.66. The van der Waals surface area contributed by atoms with Crippen molar-refractivity contribution in [1.29, 1.82) is 0 Å². The lowest BCUT2D eigenvalue weighted by molar-refractivity contribution is -0.384. The maximum absolute atomic E-state index is 11.0. The molecule has 1 saturated heterocycles. The van der Waals surface area contributed by atoms with Crippen molar-refractivity contribution in [2.24, 2.45) is 0 Å². The van der Waals surface area contributed by atoms with Crippen molar-refractivity contribution >= 4 is 29.0 Å². The third-order valence-corrected chi connectivity index (χ3v) is 3.11. The number of nitrogens with one attached hydrogen (secondary N) is 1. The van der Waals surface area contributed by atoms with E-state index in [9.17, 15) is 14.9 Å². The van der Waals surface area contributed by atoms with Gasteiger partial charge in [-0.2, -0.15) is 0 Å². The van der Waals surface area contributed by atoms with Gasteiger partial charge in [-0.1, -0.05) is 11.6 Å². The molecule has 0 spiro atoms. The summed E-state index contributed by atoms with van der Waals surface area (Å²) in [4.78, 5) is 30.7. The molecule has 1 aromatic heterocycles. The van der Waals surface area contributed by atoms with Gasteiger partial charge in [0, 0.05) is 26.1 Å². The SMILES string of the molecule is CC(=O)NC1CCN(c2ncnc(Cl)c2[N+](=O)[O-])C1. The quantitative estimate of drug-likeness (QED) is 0.500. The second-order valence-electron chi connectivity index (χ2n) is 4.23. The molecule has 1 aromatic rings. The number of amides is 1. The summed E-state index contributed by atoms with van der Waals surface area (Å²) in [6, 6.07) is -0.0363. The molecular formula is C10H12ClN5O3. The predicted molar refractivity (Wildman–Crippen MR) is 68.1 cm³/mol. The highest BCUT2D eigenvalue weighted by molar-refractivity contribution is 6.31. The lowest BCUT2D eigenvalue weighted by Gasteiger charge is -2.17. The van der Waals surface area contributed by atoms with Gasteiger partial charge in [-0.3, -0.25) is 14.9 Å². The number of halogens is 1. The fourth-order valence-electron chi connectivity index (χ4n) is 2.10. The molecule has 0 aliphatic carbocycles. The molecule has 2 rings (SSSR count). The van der Waals surface area contributed by atoms with E-state index in [2.05, 4.69) is 15.3 Å². The molecule has 1 atom stereocenters. The zero-order valence-electron chi connectivity index (χ0n) is 10.2. The molecule has 1 N–H and O–H groups in total. The molecule has 1 aliphatic heterocycles. The van der Waals surface area contributed by atoms with Gasteiger partial charge in [0.2, 0.25) is 16.9 Å². The van der Waals surface area contributed by atoms with Crippen molar-refractivity contribution < 1.29 is 9.72 Å². The molecule has 8 nitrogen and oxygen atoms in total. The van der Waals surface area contributed by atoms with Gasteiger partial charge in [0.15, 0.2) is 0 Å². The maximum Gasteiger partial charge on any atom is 0.348 e. The second kappa shape index (κ2) is 5.35. The molecule has 0 aromatic carbocycles. The largest absolute Gasteiger partial charge is 0.352 e. The highest BCUT2D eigenvalue weighted by Crippen LogP contribution is 2.32. The molecule has 19 heavy (non-hydrogen) atoms. The molecule has 9 heteroatoms. The van der Waals surface area contributed by atoms with Crippen LogP contribution in [-0.4, -0.2) is 39.9 Å². The van der Waals surface area contributed by atoms with Crippen molar-refractivity contribution in [3.8, 4) is 0 Å². The molecule has 0 bridgehead atoms. The first-order valence-corrected chi connectivity index (χ1v) is 6.03. The summed E-state index contributed by atoms with van der Waals surface area (Å²) in [7, 11) is 0. The van der Waals surface area contributed by atoms with Crippen LogP contribution in [-0.2, 0) is 4.79 Å². The number of anilines is 1. The standard InChI is InChI=1S/C10H12ClN5O3/c1-6(17)14-7-2-3-15(4-7)10-8(16(18)19)9(11)12-5-13-10/h5,7H,2-4H2,1H3,(H,14,17). The maximum atomic E-state index is 11.0. The van der Waals surface area contributed by atoms with E-state index in [-0.39, 0.29) is 28.6 Å². The van der Waals surface area contributed by atoms with Crippen LogP contribution in [0.2, 0.25) is 5.15 Å². The van der Waals surface area contributed by atoms with Crippen LogP contribution in [0.5, 0.6) is 0 Å². The number of aromatic nitrogens is 2. The molecule has 0 saturated carbocycles. The Morgan fingerprint density at radius 2 is 2.37 bits per heavy atom. The van der Waals surface area contributed by atoms with Crippen molar-refractivity contribution in [1.82, 2.24) is 15.3 Å². The average molecular weight is 286 g/mol. The van der Waals surface area contributed by atoms with Crippen LogP contribution in [0.4, 0.5) is 11.5 Å². The molecule has 2 heterocycles. The summed E-state index contributed by atoms with van der Waals surface area (Å²) >= 11 is 5.73. The monoisotopic (exact) mass is 285 g/mol. The minimum absolute atomic E-state index is 0.0363. The number of hydrogen-bond acceptors (Lipinski definition) is 6. The van der Waals surface area contributed by atoms with Crippen LogP contribution in [0.15, 0.2) is 6.33 Å². The van der Waals surface area contributed by atoms with E-state index >= 15 is 0 Å². The number of nitro groups is 1. The van der Waals surface area contributed by atoms with Crippen molar-refractivity contribution in [3.63, 3.8) is 0 Å². The first kappa shape index (κ1) is 13.5. The second-order valence-corrected chi connectivity index (χ2v) is 4.58. The Labute approximate surface area is 113 Å². The Morgan fingerprint density at radius 1 is 1.63 bits per heavy atom. The van der Waals surface area contributed by atoms with Gasteiger partial charge in [-0.25, -0.2) is 9.97 Å². The van der Waals surface area contributed by atoms with E-state index in [0.717, 1.165) is 0 Å². The van der Waals surface area contributed by atoms with Crippen molar-refractivity contribution in [3.05, 3.63) is 21.6 Å². The molecule has 102 valence electrons. The number of hydrogen-bond donors (Lipinski definition) is 1. The highest BCUT2D eigenvalue weighted by Gasteiger charge is 2.31. The van der Waals surface area contributed by atoms with Crippen LogP contribution in [0, 0.1) is 10.1 Å². The summed E-state index contributed by atoms with van der Waals surface area (Å²) in [6.07, 6.45) is 1.90. The Hall–Kier alpha value is -1.96. The van der Waals surface area contributed by atoms with Gasteiger partial charge in [0.1, 0.15) is 6.33 Å². The fraction of sp³-hybridized carbons (Fsp3) is 0.500. The third kappa shape index (κ3) is 2.90. The summed E-state index contributed by atoms with van der Waals surface area (Å²) in [5.41, 5.74) is -0.298. The van der Waals surface area contributed by atoms with Gasteiger partial charge in [-0.05, 0) is 6.42 Å². The van der Waals surface area contributed by atoms with Crippen LogP contribution in [0.3, 0.4) is 0 Å².